The fourth-order valence-electron chi connectivity index (χ4n) is 4.47. The van der Waals surface area contributed by atoms with Crippen molar-refractivity contribution in [1.29, 1.82) is 0 Å². The number of methoxy groups -OCH3 is 1. The van der Waals surface area contributed by atoms with Crippen molar-refractivity contribution in [3.8, 4) is 22.9 Å². The average Bonchev–Trinajstić information content (AvgIpc) is 3.44. The van der Waals surface area contributed by atoms with E-state index in [0.29, 0.717) is 22.3 Å². The molecule has 2 aliphatic rings. The minimum Gasteiger partial charge on any atom is -0.495 e. The second kappa shape index (κ2) is 8.31. The van der Waals surface area contributed by atoms with Gasteiger partial charge >= 0.3 is 5.97 Å². The van der Waals surface area contributed by atoms with Crippen molar-refractivity contribution in [2.75, 3.05) is 25.2 Å². The number of carbonyl (C=O) groups is 1. The van der Waals surface area contributed by atoms with Crippen molar-refractivity contribution in [2.24, 2.45) is 0 Å². The highest BCUT2D eigenvalue weighted by Crippen LogP contribution is 2.42. The van der Waals surface area contributed by atoms with E-state index in [1.807, 2.05) is 36.4 Å². The van der Waals surface area contributed by atoms with Gasteiger partial charge in [0.05, 0.1) is 12.1 Å². The Hall–Kier alpha value is -3.32. The predicted octanol–water partition coefficient (Wildman–Crippen LogP) is 4.45. The molecule has 0 radical (unpaired) electrons. The number of aromatic nitrogens is 2. The highest BCUT2D eigenvalue weighted by Gasteiger charge is 2.30. The Labute approximate surface area is 190 Å². The maximum atomic E-state index is 11.0. The molecule has 0 amide bonds. The maximum Gasteiger partial charge on any atom is 0.341 e. The summed E-state index contributed by atoms with van der Waals surface area (Å²) in [6.07, 6.45) is 3.67. The molecule has 0 saturated carbocycles. The number of halogens is 1. The minimum atomic E-state index is -0.992. The van der Waals surface area contributed by atoms with Crippen molar-refractivity contribution in [2.45, 2.75) is 25.7 Å². The van der Waals surface area contributed by atoms with Crippen LogP contribution in [0.2, 0.25) is 5.02 Å². The van der Waals surface area contributed by atoms with Gasteiger partial charge < -0.3 is 19.5 Å². The Bertz CT molecular complexity index is 1210. The number of rotatable bonds is 6. The number of anilines is 2. The molecule has 0 unspecified atom stereocenters. The Kier molecular flexibility index (Phi) is 5.35. The first-order chi connectivity index (χ1) is 15.5. The molecular formula is C24H22ClN3O4. The topological polar surface area (TPSA) is 84.8 Å². The Morgan fingerprint density at radius 3 is 2.78 bits per heavy atom. The van der Waals surface area contributed by atoms with Crippen LogP contribution in [-0.4, -0.2) is 41.3 Å². The molecule has 7 nitrogen and oxygen atoms in total. The number of carboxylic acid groups (broad SMARTS) is 1. The number of carboxylic acids is 1. The third-order valence-corrected chi connectivity index (χ3v) is 6.21. The first kappa shape index (κ1) is 20.6. The lowest BCUT2D eigenvalue weighted by atomic mass is 10.1. The number of benzene rings is 2. The lowest BCUT2D eigenvalue weighted by Crippen LogP contribution is -2.18. The zero-order chi connectivity index (χ0) is 22.2. The summed E-state index contributed by atoms with van der Waals surface area (Å²) in [6, 6.07) is 11.3. The third kappa shape index (κ3) is 3.62. The van der Waals surface area contributed by atoms with Gasteiger partial charge in [0.2, 0.25) is 0 Å². The van der Waals surface area contributed by atoms with E-state index in [1.165, 1.54) is 5.56 Å². The molecule has 0 spiro atoms. The van der Waals surface area contributed by atoms with Gasteiger partial charge in [-0.15, -0.1) is 0 Å². The smallest absolute Gasteiger partial charge is 0.341 e. The molecule has 8 heteroatoms. The normalized spacial score (nSPS) is 14.2. The number of ether oxygens (including phenoxy) is 2. The fourth-order valence-corrected chi connectivity index (χ4v) is 4.73. The highest BCUT2D eigenvalue weighted by atomic mass is 35.5. The summed E-state index contributed by atoms with van der Waals surface area (Å²) in [5.74, 6) is 1.77. The second-order valence-electron chi connectivity index (χ2n) is 7.84. The number of aliphatic carboxylic acids is 1. The van der Waals surface area contributed by atoms with Crippen LogP contribution in [0.4, 0.5) is 11.5 Å². The van der Waals surface area contributed by atoms with Crippen molar-refractivity contribution >= 4 is 29.1 Å². The van der Waals surface area contributed by atoms with Gasteiger partial charge in [0, 0.05) is 34.6 Å². The van der Waals surface area contributed by atoms with E-state index in [9.17, 15) is 4.79 Å². The Morgan fingerprint density at radius 1 is 1.12 bits per heavy atom. The quantitative estimate of drug-likeness (QED) is 0.592. The van der Waals surface area contributed by atoms with Gasteiger partial charge in [-0.3, -0.25) is 0 Å². The van der Waals surface area contributed by atoms with E-state index in [4.69, 9.17) is 36.1 Å². The summed E-state index contributed by atoms with van der Waals surface area (Å²) in [5, 5.41) is 9.50. The first-order valence-corrected chi connectivity index (χ1v) is 10.9. The molecule has 0 bridgehead atoms. The van der Waals surface area contributed by atoms with Crippen LogP contribution in [0.1, 0.15) is 23.2 Å². The van der Waals surface area contributed by atoms with Crippen LogP contribution in [-0.2, 0) is 24.1 Å². The van der Waals surface area contributed by atoms with Gasteiger partial charge in [-0.25, -0.2) is 14.8 Å². The molecule has 2 heterocycles. The van der Waals surface area contributed by atoms with Crippen molar-refractivity contribution < 1.29 is 19.4 Å². The monoisotopic (exact) mass is 451 g/mol. The van der Waals surface area contributed by atoms with Crippen molar-refractivity contribution in [1.82, 2.24) is 9.97 Å². The van der Waals surface area contributed by atoms with E-state index in [0.717, 1.165) is 60.6 Å². The molecule has 0 fully saturated rings. The van der Waals surface area contributed by atoms with E-state index >= 15 is 0 Å². The van der Waals surface area contributed by atoms with E-state index < -0.39 is 5.97 Å². The van der Waals surface area contributed by atoms with Crippen LogP contribution in [0.3, 0.4) is 0 Å². The molecule has 0 saturated heterocycles. The number of hydrogen-bond acceptors (Lipinski definition) is 6. The van der Waals surface area contributed by atoms with Crippen LogP contribution in [0.25, 0.3) is 11.4 Å². The Balaban J connectivity index is 1.57. The zero-order valence-electron chi connectivity index (χ0n) is 17.6. The van der Waals surface area contributed by atoms with Crippen LogP contribution < -0.4 is 14.4 Å². The Morgan fingerprint density at radius 2 is 2.00 bits per heavy atom. The van der Waals surface area contributed by atoms with Crippen molar-refractivity contribution in [3.63, 3.8) is 0 Å². The number of fused-ring (bicyclic) bond motifs is 2. The van der Waals surface area contributed by atoms with Gasteiger partial charge in [0.25, 0.3) is 0 Å². The van der Waals surface area contributed by atoms with Crippen LogP contribution in [0.5, 0.6) is 11.5 Å². The van der Waals surface area contributed by atoms with E-state index in [1.54, 1.807) is 7.11 Å². The molecule has 1 N–H and O–H groups in total. The number of aryl methyl sites for hydroxylation is 1. The lowest BCUT2D eigenvalue weighted by molar-refractivity contribution is -0.139. The molecule has 1 aromatic heterocycles. The van der Waals surface area contributed by atoms with Crippen LogP contribution in [0.15, 0.2) is 36.4 Å². The summed E-state index contributed by atoms with van der Waals surface area (Å²) in [6.45, 7) is 0.386. The summed E-state index contributed by atoms with van der Waals surface area (Å²) in [7, 11) is 1.59. The molecule has 0 atom stereocenters. The summed E-state index contributed by atoms with van der Waals surface area (Å²) < 4.78 is 10.8. The zero-order valence-corrected chi connectivity index (χ0v) is 18.4. The molecule has 32 heavy (non-hydrogen) atoms. The van der Waals surface area contributed by atoms with E-state index in [2.05, 4.69) is 4.90 Å². The fraction of sp³-hybridized carbons (Fsp3) is 0.292. The molecule has 1 aliphatic carbocycles. The number of hydrogen-bond donors (Lipinski definition) is 1. The number of nitrogens with zero attached hydrogens (tertiary/aromatic N) is 3. The highest BCUT2D eigenvalue weighted by molar-refractivity contribution is 6.32. The SMILES string of the molecule is COc1ccc(-c2nc3c(c(N4CCc5c(OCC(=O)O)cccc54)n2)CCC3)cc1Cl. The predicted molar refractivity (Wildman–Crippen MR) is 121 cm³/mol. The summed E-state index contributed by atoms with van der Waals surface area (Å²) in [5.41, 5.74) is 5.10. The lowest BCUT2D eigenvalue weighted by Gasteiger charge is -2.22. The molecule has 164 valence electrons. The molecule has 2 aromatic carbocycles. The van der Waals surface area contributed by atoms with E-state index in [-0.39, 0.29) is 6.61 Å². The average molecular weight is 452 g/mol. The molecular weight excluding hydrogens is 430 g/mol. The van der Waals surface area contributed by atoms with Crippen molar-refractivity contribution in [3.05, 3.63) is 58.2 Å². The minimum absolute atomic E-state index is 0.359. The summed E-state index contributed by atoms with van der Waals surface area (Å²) in [4.78, 5) is 23.0. The van der Waals surface area contributed by atoms with Gasteiger partial charge in [0.1, 0.15) is 17.3 Å². The van der Waals surface area contributed by atoms with Gasteiger partial charge in [-0.2, -0.15) is 0 Å². The molecule has 3 aromatic rings. The third-order valence-electron chi connectivity index (χ3n) is 5.91. The molecule has 5 rings (SSSR count). The van der Waals surface area contributed by atoms with Gasteiger partial charge in [-0.05, 0) is 56.0 Å². The second-order valence-corrected chi connectivity index (χ2v) is 8.24. The summed E-state index contributed by atoms with van der Waals surface area (Å²) >= 11 is 6.35. The van der Waals surface area contributed by atoms with Crippen LogP contribution in [0, 0.1) is 0 Å². The first-order valence-electron chi connectivity index (χ1n) is 10.5. The largest absolute Gasteiger partial charge is 0.495 e. The van der Waals surface area contributed by atoms with Gasteiger partial charge in [0.15, 0.2) is 12.4 Å². The molecule has 1 aliphatic heterocycles. The standard InChI is InChI=1S/C24H22ClN3O4/c1-31-21-9-8-14(12-17(21)25)23-26-18-5-2-4-15(18)24(27-23)28-11-10-16-19(28)6-3-7-20(16)32-13-22(29)30/h3,6-9,12H,2,4-5,10-11,13H2,1H3,(H,29,30). The van der Waals surface area contributed by atoms with Crippen LogP contribution >= 0.6 is 11.6 Å². The van der Waals surface area contributed by atoms with Gasteiger partial charge in [-0.1, -0.05) is 17.7 Å². The maximum absolute atomic E-state index is 11.0.